The molecule has 1 aliphatic heterocycles. The summed E-state index contributed by atoms with van der Waals surface area (Å²) in [6.45, 7) is 4.02. The molecule has 1 atom stereocenters. The van der Waals surface area contributed by atoms with E-state index >= 15 is 0 Å². The van der Waals surface area contributed by atoms with Crippen LogP contribution in [0.4, 0.5) is 5.95 Å². The molecule has 0 amide bonds. The molecule has 2 fully saturated rings. The Hall–Kier alpha value is -1.14. The highest BCUT2D eigenvalue weighted by Crippen LogP contribution is 2.28. The second kappa shape index (κ2) is 6.10. The van der Waals surface area contributed by atoms with Crippen molar-refractivity contribution in [2.45, 2.75) is 38.1 Å². The van der Waals surface area contributed by atoms with Crippen LogP contribution in [0.25, 0.3) is 0 Å². The summed E-state index contributed by atoms with van der Waals surface area (Å²) in [5.74, 6) is 2.05. The Morgan fingerprint density at radius 1 is 1.25 bits per heavy atom. The van der Waals surface area contributed by atoms with Crippen LogP contribution in [-0.2, 0) is 6.42 Å². The minimum absolute atomic E-state index is 0.165. The first kappa shape index (κ1) is 13.8. The summed E-state index contributed by atoms with van der Waals surface area (Å²) in [6, 6.07) is 0.165. The third-order valence-corrected chi connectivity index (χ3v) is 4.66. The van der Waals surface area contributed by atoms with Crippen LogP contribution in [0.2, 0.25) is 0 Å². The van der Waals surface area contributed by atoms with E-state index in [-0.39, 0.29) is 6.04 Å². The van der Waals surface area contributed by atoms with E-state index in [2.05, 4.69) is 27.0 Å². The molecule has 0 spiro atoms. The molecule has 1 unspecified atom stereocenters. The predicted octanol–water partition coefficient (Wildman–Crippen LogP) is 0.881. The van der Waals surface area contributed by atoms with Gasteiger partial charge in [0.2, 0.25) is 5.89 Å². The van der Waals surface area contributed by atoms with Crippen molar-refractivity contribution in [2.75, 3.05) is 38.1 Å². The Balaban J connectivity index is 1.56. The van der Waals surface area contributed by atoms with Gasteiger partial charge in [-0.25, -0.2) is 0 Å². The Morgan fingerprint density at radius 2 is 1.95 bits per heavy atom. The lowest BCUT2D eigenvalue weighted by Gasteiger charge is -2.31. The van der Waals surface area contributed by atoms with Gasteiger partial charge >= 0.3 is 0 Å². The number of nitrogens with zero attached hydrogens (tertiary/aromatic N) is 4. The number of rotatable bonds is 4. The number of anilines is 1. The summed E-state index contributed by atoms with van der Waals surface area (Å²) < 4.78 is 5.38. The van der Waals surface area contributed by atoms with Gasteiger partial charge in [0, 0.05) is 38.6 Å². The van der Waals surface area contributed by atoms with Gasteiger partial charge in [0.05, 0.1) is 0 Å². The lowest BCUT2D eigenvalue weighted by molar-refractivity contribution is 0.307. The van der Waals surface area contributed by atoms with Gasteiger partial charge in [-0.05, 0) is 31.0 Å². The number of nitrogens with two attached hydrogens (primary N) is 1. The maximum Gasteiger partial charge on any atom is 0.266 e. The zero-order valence-corrected chi connectivity index (χ0v) is 12.3. The van der Waals surface area contributed by atoms with E-state index < -0.39 is 0 Å². The standard InChI is InChI=1S/C14H25N5O/c1-18-6-8-19(9-7-18)14-16-13(20-17-14)10-12(15)11-4-2-3-5-11/h11-12H,2-10,15H2,1H3. The maximum absolute atomic E-state index is 6.27. The van der Waals surface area contributed by atoms with E-state index in [0.717, 1.165) is 32.1 Å². The van der Waals surface area contributed by atoms with Gasteiger partial charge in [0.1, 0.15) is 0 Å². The summed E-state index contributed by atoms with van der Waals surface area (Å²) in [7, 11) is 2.14. The Bertz CT molecular complexity index is 421. The van der Waals surface area contributed by atoms with Crippen molar-refractivity contribution in [2.24, 2.45) is 11.7 Å². The highest BCUT2D eigenvalue weighted by molar-refractivity contribution is 5.28. The Labute approximate surface area is 120 Å². The molecular weight excluding hydrogens is 254 g/mol. The minimum Gasteiger partial charge on any atom is -0.337 e. The lowest BCUT2D eigenvalue weighted by atomic mass is 9.96. The number of hydrogen-bond acceptors (Lipinski definition) is 6. The number of likely N-dealkylation sites (N-methyl/N-ethyl adjacent to an activating group) is 1. The zero-order chi connectivity index (χ0) is 13.9. The highest BCUT2D eigenvalue weighted by Gasteiger charge is 2.25. The van der Waals surface area contributed by atoms with E-state index in [0.29, 0.717) is 18.2 Å². The predicted molar refractivity (Wildman–Crippen MR) is 77.6 cm³/mol. The van der Waals surface area contributed by atoms with Crippen molar-refractivity contribution in [3.63, 3.8) is 0 Å². The van der Waals surface area contributed by atoms with Crippen LogP contribution in [0.1, 0.15) is 31.6 Å². The molecule has 0 aromatic carbocycles. The first-order valence-electron chi connectivity index (χ1n) is 7.74. The largest absolute Gasteiger partial charge is 0.337 e. The fourth-order valence-corrected chi connectivity index (χ4v) is 3.22. The van der Waals surface area contributed by atoms with Crippen LogP contribution >= 0.6 is 0 Å². The molecule has 1 aliphatic carbocycles. The molecule has 1 aromatic heterocycles. The second-order valence-electron chi connectivity index (χ2n) is 6.19. The molecule has 2 heterocycles. The van der Waals surface area contributed by atoms with Crippen LogP contribution < -0.4 is 10.6 Å². The average Bonchev–Trinajstić information content (AvgIpc) is 3.10. The van der Waals surface area contributed by atoms with E-state index in [4.69, 9.17) is 10.3 Å². The Kier molecular flexibility index (Phi) is 4.21. The SMILES string of the molecule is CN1CCN(c2noc(CC(N)C3CCCC3)n2)CC1. The topological polar surface area (TPSA) is 71.4 Å². The lowest BCUT2D eigenvalue weighted by Crippen LogP contribution is -2.44. The van der Waals surface area contributed by atoms with Crippen LogP contribution in [-0.4, -0.2) is 54.3 Å². The van der Waals surface area contributed by atoms with Crippen LogP contribution in [0, 0.1) is 5.92 Å². The third kappa shape index (κ3) is 3.12. The number of aromatic nitrogens is 2. The molecule has 112 valence electrons. The molecule has 6 nitrogen and oxygen atoms in total. The summed E-state index contributed by atoms with van der Waals surface area (Å²) >= 11 is 0. The van der Waals surface area contributed by atoms with Gasteiger partial charge in [-0.2, -0.15) is 4.98 Å². The molecular formula is C14H25N5O. The van der Waals surface area contributed by atoms with Gasteiger partial charge in [0.15, 0.2) is 0 Å². The van der Waals surface area contributed by atoms with Gasteiger partial charge < -0.3 is 20.1 Å². The summed E-state index contributed by atoms with van der Waals surface area (Å²) in [6.07, 6.45) is 5.84. The second-order valence-corrected chi connectivity index (χ2v) is 6.19. The minimum atomic E-state index is 0.165. The first-order valence-corrected chi connectivity index (χ1v) is 7.74. The maximum atomic E-state index is 6.27. The van der Waals surface area contributed by atoms with E-state index in [1.54, 1.807) is 0 Å². The van der Waals surface area contributed by atoms with Crippen molar-refractivity contribution < 1.29 is 4.52 Å². The third-order valence-electron chi connectivity index (χ3n) is 4.66. The van der Waals surface area contributed by atoms with Crippen LogP contribution in [0.3, 0.4) is 0 Å². The summed E-state index contributed by atoms with van der Waals surface area (Å²) in [5.41, 5.74) is 6.27. The van der Waals surface area contributed by atoms with Crippen LogP contribution in [0.5, 0.6) is 0 Å². The molecule has 6 heteroatoms. The first-order chi connectivity index (χ1) is 9.72. The molecule has 0 bridgehead atoms. The van der Waals surface area contributed by atoms with E-state index in [9.17, 15) is 0 Å². The van der Waals surface area contributed by atoms with Gasteiger partial charge in [0.25, 0.3) is 5.95 Å². The average molecular weight is 279 g/mol. The smallest absolute Gasteiger partial charge is 0.266 e. The fraction of sp³-hybridized carbons (Fsp3) is 0.857. The molecule has 20 heavy (non-hydrogen) atoms. The van der Waals surface area contributed by atoms with Gasteiger partial charge in [-0.3, -0.25) is 0 Å². The Morgan fingerprint density at radius 3 is 2.65 bits per heavy atom. The van der Waals surface area contributed by atoms with E-state index in [1.807, 2.05) is 0 Å². The number of hydrogen-bond donors (Lipinski definition) is 1. The molecule has 1 saturated carbocycles. The molecule has 1 aromatic rings. The molecule has 1 saturated heterocycles. The van der Waals surface area contributed by atoms with Crippen molar-refractivity contribution in [1.82, 2.24) is 15.0 Å². The molecule has 0 radical (unpaired) electrons. The van der Waals surface area contributed by atoms with Crippen LogP contribution in [0.15, 0.2) is 4.52 Å². The molecule has 3 rings (SSSR count). The normalized spacial score (nSPS) is 23.4. The van der Waals surface area contributed by atoms with Crippen molar-refractivity contribution in [3.05, 3.63) is 5.89 Å². The van der Waals surface area contributed by atoms with E-state index in [1.165, 1.54) is 25.7 Å². The van der Waals surface area contributed by atoms with Crippen molar-refractivity contribution in [1.29, 1.82) is 0 Å². The number of piperazine rings is 1. The zero-order valence-electron chi connectivity index (χ0n) is 12.3. The van der Waals surface area contributed by atoms with Gasteiger partial charge in [-0.1, -0.05) is 12.8 Å². The highest BCUT2D eigenvalue weighted by atomic mass is 16.5. The monoisotopic (exact) mass is 279 g/mol. The van der Waals surface area contributed by atoms with Gasteiger partial charge in [-0.15, -0.1) is 0 Å². The van der Waals surface area contributed by atoms with Crippen molar-refractivity contribution in [3.8, 4) is 0 Å². The summed E-state index contributed by atoms with van der Waals surface area (Å²) in [4.78, 5) is 9.02. The van der Waals surface area contributed by atoms with Crippen molar-refractivity contribution >= 4 is 5.95 Å². The molecule has 2 aliphatic rings. The fourth-order valence-electron chi connectivity index (χ4n) is 3.22. The molecule has 2 N–H and O–H groups in total. The summed E-state index contributed by atoms with van der Waals surface area (Å²) in [5, 5.41) is 4.11. The quantitative estimate of drug-likeness (QED) is 0.882.